The van der Waals surface area contributed by atoms with Gasteiger partial charge in [-0.3, -0.25) is 19.3 Å². The molecule has 1 aliphatic heterocycles. The van der Waals surface area contributed by atoms with Crippen LogP contribution >= 0.6 is 12.4 Å². The summed E-state index contributed by atoms with van der Waals surface area (Å²) in [4.78, 5) is 44.4. The number of benzene rings is 3. The Labute approximate surface area is 303 Å². The van der Waals surface area contributed by atoms with Crippen LogP contribution < -0.4 is 16.4 Å². The van der Waals surface area contributed by atoms with Gasteiger partial charge in [0.2, 0.25) is 11.8 Å². The standard InChI is InChI=1S/C37H45N9O4.ClH/c38-24-25-4-6-29(7-5-25)35(48)40-33(36(49)39-32-14-12-28(13-15-32)34-41-43-44-42-34)23-26-2-1-3-31(22-26)27-8-10-30(11-9-27)37(50)46-18-16-45(17-19-46)20-21-47;/h1-3,8-15,22,25,29,33,47H,4-7,16-21,23-24,38H2,(H,39,49)(H,40,48)(H,41,42,43,44);1H/t25-,29-,33-;/m0./s1. The quantitative estimate of drug-likeness (QED) is 0.147. The number of β-amino-alcohol motifs (C(OH)–C–C–N with tert-alkyl or cyclic N) is 1. The van der Waals surface area contributed by atoms with Crippen LogP contribution in [0.2, 0.25) is 0 Å². The van der Waals surface area contributed by atoms with Gasteiger partial charge in [-0.15, -0.1) is 17.5 Å². The van der Waals surface area contributed by atoms with Crippen LogP contribution in [-0.4, -0.2) is 105 Å². The fraction of sp³-hybridized carbons (Fsp3) is 0.405. The van der Waals surface area contributed by atoms with E-state index in [0.717, 1.165) is 61.0 Å². The highest BCUT2D eigenvalue weighted by Crippen LogP contribution is 2.29. The molecule has 1 aliphatic carbocycles. The van der Waals surface area contributed by atoms with E-state index in [1.165, 1.54) is 0 Å². The van der Waals surface area contributed by atoms with Crippen molar-refractivity contribution in [2.24, 2.45) is 17.6 Å². The second-order valence-corrected chi connectivity index (χ2v) is 13.2. The first-order chi connectivity index (χ1) is 24.4. The van der Waals surface area contributed by atoms with Gasteiger partial charge >= 0.3 is 0 Å². The number of nitrogens with one attached hydrogen (secondary N) is 3. The Morgan fingerprint density at radius 1 is 0.902 bits per heavy atom. The van der Waals surface area contributed by atoms with Crippen molar-refractivity contribution in [2.45, 2.75) is 38.1 Å². The summed E-state index contributed by atoms with van der Waals surface area (Å²) < 4.78 is 0. The number of carbonyl (C=O) groups excluding carboxylic acids is 3. The molecule has 6 N–H and O–H groups in total. The second-order valence-electron chi connectivity index (χ2n) is 13.2. The van der Waals surface area contributed by atoms with Crippen molar-refractivity contribution in [2.75, 3.05) is 51.2 Å². The van der Waals surface area contributed by atoms with Crippen molar-refractivity contribution in [3.05, 3.63) is 83.9 Å². The number of rotatable bonds is 12. The summed E-state index contributed by atoms with van der Waals surface area (Å²) in [7, 11) is 0. The summed E-state index contributed by atoms with van der Waals surface area (Å²) in [5.41, 5.74) is 10.6. The van der Waals surface area contributed by atoms with Gasteiger partial charge in [0.05, 0.1) is 6.61 Å². The Hall–Kier alpha value is -4.69. The van der Waals surface area contributed by atoms with Crippen molar-refractivity contribution in [1.82, 2.24) is 35.7 Å². The molecule has 14 heteroatoms. The lowest BCUT2D eigenvalue weighted by atomic mass is 9.81. The topological polar surface area (TPSA) is 182 Å². The summed E-state index contributed by atoms with van der Waals surface area (Å²) >= 11 is 0. The molecule has 2 heterocycles. The Bertz CT molecular complexity index is 1720. The highest BCUT2D eigenvalue weighted by atomic mass is 35.5. The van der Waals surface area contributed by atoms with E-state index >= 15 is 0 Å². The van der Waals surface area contributed by atoms with E-state index in [1.54, 1.807) is 12.1 Å². The maximum atomic E-state index is 13.8. The number of piperazine rings is 1. The third kappa shape index (κ3) is 9.76. The molecule has 4 aromatic rings. The number of H-pyrrole nitrogens is 1. The summed E-state index contributed by atoms with van der Waals surface area (Å²) in [5.74, 6) is 0.386. The van der Waals surface area contributed by atoms with E-state index in [-0.39, 0.29) is 42.7 Å². The molecule has 0 radical (unpaired) electrons. The van der Waals surface area contributed by atoms with E-state index in [2.05, 4.69) is 36.2 Å². The number of amides is 3. The lowest BCUT2D eigenvalue weighted by molar-refractivity contribution is -0.130. The van der Waals surface area contributed by atoms with Crippen molar-refractivity contribution < 1.29 is 19.5 Å². The molecule has 6 rings (SSSR count). The van der Waals surface area contributed by atoms with Gasteiger partial charge in [0, 0.05) is 61.9 Å². The number of halogens is 1. The maximum Gasteiger partial charge on any atom is 0.253 e. The highest BCUT2D eigenvalue weighted by molar-refractivity contribution is 5.98. The number of hydrogen-bond donors (Lipinski definition) is 5. The first-order valence-electron chi connectivity index (χ1n) is 17.4. The lowest BCUT2D eigenvalue weighted by Crippen LogP contribution is -2.49. The Morgan fingerprint density at radius 2 is 1.61 bits per heavy atom. The third-order valence-corrected chi connectivity index (χ3v) is 9.86. The predicted octanol–water partition coefficient (Wildman–Crippen LogP) is 3.14. The molecule has 51 heavy (non-hydrogen) atoms. The number of carbonyl (C=O) groups is 3. The van der Waals surface area contributed by atoms with E-state index in [9.17, 15) is 19.5 Å². The summed E-state index contributed by atoms with van der Waals surface area (Å²) in [5, 5.41) is 29.1. The van der Waals surface area contributed by atoms with Crippen LogP contribution in [0.5, 0.6) is 0 Å². The van der Waals surface area contributed by atoms with Crippen LogP contribution in [0.4, 0.5) is 5.69 Å². The van der Waals surface area contributed by atoms with Gasteiger partial charge in [-0.1, -0.05) is 36.4 Å². The molecule has 13 nitrogen and oxygen atoms in total. The van der Waals surface area contributed by atoms with Gasteiger partial charge in [0.25, 0.3) is 5.91 Å². The molecule has 3 amide bonds. The van der Waals surface area contributed by atoms with Crippen LogP contribution in [0.25, 0.3) is 22.5 Å². The van der Waals surface area contributed by atoms with E-state index in [1.807, 2.05) is 65.6 Å². The molecule has 1 saturated heterocycles. The van der Waals surface area contributed by atoms with Crippen molar-refractivity contribution in [1.29, 1.82) is 0 Å². The third-order valence-electron chi connectivity index (χ3n) is 9.86. The number of anilines is 1. The van der Waals surface area contributed by atoms with Crippen LogP contribution in [0.3, 0.4) is 0 Å². The second kappa shape index (κ2) is 18.0. The Morgan fingerprint density at radius 3 is 2.25 bits per heavy atom. The number of aromatic amines is 1. The summed E-state index contributed by atoms with van der Waals surface area (Å²) in [6.45, 7) is 4.14. The number of nitrogens with two attached hydrogens (primary N) is 1. The zero-order valence-electron chi connectivity index (χ0n) is 28.5. The average Bonchev–Trinajstić information content (AvgIpc) is 3.71. The van der Waals surface area contributed by atoms with Crippen LogP contribution in [-0.2, 0) is 16.0 Å². The SMILES string of the molecule is Cl.NC[C@H]1CC[C@H](C(=O)N[C@@H](Cc2cccc(-c3ccc(C(=O)N4CCN(CCO)CC4)cc3)c2)C(=O)Nc2ccc(-c3nnn[nH]3)cc2)CC1. The molecule has 0 bridgehead atoms. The maximum absolute atomic E-state index is 13.8. The first-order valence-corrected chi connectivity index (χ1v) is 17.4. The van der Waals surface area contributed by atoms with E-state index in [4.69, 9.17) is 5.73 Å². The van der Waals surface area contributed by atoms with Crippen molar-refractivity contribution in [3.8, 4) is 22.5 Å². The number of tetrazole rings is 1. The molecule has 0 unspecified atom stereocenters. The van der Waals surface area contributed by atoms with Crippen LogP contribution in [0.15, 0.2) is 72.8 Å². The zero-order valence-corrected chi connectivity index (χ0v) is 29.4. The molecular formula is C37H46ClN9O4. The predicted molar refractivity (Wildman–Crippen MR) is 197 cm³/mol. The fourth-order valence-electron chi connectivity index (χ4n) is 6.80. The van der Waals surface area contributed by atoms with Gasteiger partial charge in [0.15, 0.2) is 5.82 Å². The molecule has 2 aliphatic rings. The molecule has 3 aromatic carbocycles. The van der Waals surface area contributed by atoms with Gasteiger partial charge in [-0.2, -0.15) is 0 Å². The monoisotopic (exact) mass is 715 g/mol. The Kier molecular flexibility index (Phi) is 13.3. The molecule has 1 atom stereocenters. The van der Waals surface area contributed by atoms with Crippen LogP contribution in [0, 0.1) is 11.8 Å². The summed E-state index contributed by atoms with van der Waals surface area (Å²) in [6.07, 6.45) is 3.63. The first kappa shape index (κ1) is 37.6. The zero-order chi connectivity index (χ0) is 34.9. The Balaban J connectivity index is 0.00000504. The summed E-state index contributed by atoms with van der Waals surface area (Å²) in [6, 6.07) is 21.9. The van der Waals surface area contributed by atoms with Crippen LogP contribution in [0.1, 0.15) is 41.6 Å². The molecular weight excluding hydrogens is 670 g/mol. The van der Waals surface area contributed by atoms with Gasteiger partial charge in [0.1, 0.15) is 6.04 Å². The number of aliphatic hydroxyl groups is 1. The molecule has 1 saturated carbocycles. The van der Waals surface area contributed by atoms with E-state index in [0.29, 0.717) is 55.6 Å². The smallest absolute Gasteiger partial charge is 0.253 e. The highest BCUT2D eigenvalue weighted by Gasteiger charge is 2.29. The lowest BCUT2D eigenvalue weighted by Gasteiger charge is -2.34. The largest absolute Gasteiger partial charge is 0.395 e. The average molecular weight is 716 g/mol. The van der Waals surface area contributed by atoms with E-state index < -0.39 is 6.04 Å². The molecule has 2 fully saturated rings. The van der Waals surface area contributed by atoms with Gasteiger partial charge in [-0.05, 0) is 102 Å². The fourth-order valence-corrected chi connectivity index (χ4v) is 6.80. The number of nitrogens with zero attached hydrogens (tertiary/aromatic N) is 5. The van der Waals surface area contributed by atoms with Gasteiger partial charge in [-0.25, -0.2) is 5.10 Å². The number of hydrogen-bond acceptors (Lipinski definition) is 9. The minimum Gasteiger partial charge on any atom is -0.395 e. The molecule has 0 spiro atoms. The van der Waals surface area contributed by atoms with Crippen molar-refractivity contribution in [3.63, 3.8) is 0 Å². The van der Waals surface area contributed by atoms with Gasteiger partial charge < -0.3 is 26.4 Å². The minimum absolute atomic E-state index is 0. The number of aliphatic hydroxyl groups excluding tert-OH is 1. The van der Waals surface area contributed by atoms with Crippen molar-refractivity contribution >= 4 is 35.8 Å². The molecule has 270 valence electrons. The normalized spacial score (nSPS) is 18.4. The minimum atomic E-state index is -0.805. The number of aromatic nitrogens is 4. The molecule has 1 aromatic heterocycles.